The molecule has 1 aliphatic rings. The average molecular weight is 369 g/mol. The Kier molecular flexibility index (Phi) is 6.34. The Hall–Kier alpha value is -2.27. The topological polar surface area (TPSA) is 57.6 Å². The van der Waals surface area contributed by atoms with Crippen LogP contribution < -0.4 is 0 Å². The Balaban J connectivity index is 1.42. The smallest absolute Gasteiger partial charge is 0.335 e. The number of hydrogen-bond acceptors (Lipinski definition) is 3. The molecule has 1 N–H and O–H groups in total. The van der Waals surface area contributed by atoms with E-state index < -0.39 is 5.97 Å². The van der Waals surface area contributed by atoms with Crippen LogP contribution in [0.1, 0.15) is 28.8 Å². The van der Waals surface area contributed by atoms with E-state index in [1.54, 1.807) is 24.3 Å². The lowest BCUT2D eigenvalue weighted by Gasteiger charge is -2.16. The summed E-state index contributed by atoms with van der Waals surface area (Å²) in [5.41, 5.74) is 1.28. The molecule has 4 nitrogen and oxygen atoms in total. The lowest BCUT2D eigenvalue weighted by Crippen LogP contribution is -2.29. The van der Waals surface area contributed by atoms with E-state index in [2.05, 4.69) is 24.3 Å². The third-order valence-corrected chi connectivity index (χ3v) is 5.94. The Morgan fingerprint density at radius 3 is 2.50 bits per heavy atom. The van der Waals surface area contributed by atoms with E-state index in [0.29, 0.717) is 18.8 Å². The molecule has 0 spiro atoms. The number of carbonyl (C=O) groups is 2. The zero-order valence-corrected chi connectivity index (χ0v) is 15.5. The van der Waals surface area contributed by atoms with Gasteiger partial charge in [0.1, 0.15) is 0 Å². The Morgan fingerprint density at radius 2 is 1.81 bits per heavy atom. The van der Waals surface area contributed by atoms with E-state index in [0.717, 1.165) is 30.8 Å². The van der Waals surface area contributed by atoms with Gasteiger partial charge in [-0.25, -0.2) is 4.79 Å². The maximum absolute atomic E-state index is 12.4. The van der Waals surface area contributed by atoms with E-state index in [4.69, 9.17) is 5.11 Å². The number of hydrogen-bond donors (Lipinski definition) is 1. The largest absolute Gasteiger partial charge is 0.478 e. The number of thioether (sulfide) groups is 1. The van der Waals surface area contributed by atoms with Crippen molar-refractivity contribution in [2.45, 2.75) is 24.2 Å². The SMILES string of the molecule is O=C(O)c1ccc(CCC(=O)N2CCC(CSc3ccccc3)C2)cc1. The van der Waals surface area contributed by atoms with Gasteiger partial charge in [0.05, 0.1) is 5.56 Å². The molecule has 1 unspecified atom stereocenters. The van der Waals surface area contributed by atoms with Gasteiger partial charge >= 0.3 is 5.97 Å². The first-order valence-electron chi connectivity index (χ1n) is 8.89. The summed E-state index contributed by atoms with van der Waals surface area (Å²) in [7, 11) is 0. The monoisotopic (exact) mass is 369 g/mol. The van der Waals surface area contributed by atoms with Gasteiger partial charge in [0.25, 0.3) is 0 Å². The Morgan fingerprint density at radius 1 is 1.08 bits per heavy atom. The summed E-state index contributed by atoms with van der Waals surface area (Å²) in [5, 5.41) is 8.92. The van der Waals surface area contributed by atoms with Crippen molar-refractivity contribution in [2.75, 3.05) is 18.8 Å². The second-order valence-electron chi connectivity index (χ2n) is 6.62. The van der Waals surface area contributed by atoms with Crippen LogP contribution in [0.25, 0.3) is 0 Å². The summed E-state index contributed by atoms with van der Waals surface area (Å²) in [5.74, 6) is 0.868. The molecule has 26 heavy (non-hydrogen) atoms. The van der Waals surface area contributed by atoms with Gasteiger partial charge in [0.15, 0.2) is 0 Å². The molecule has 0 saturated carbocycles. The van der Waals surface area contributed by atoms with Crippen LogP contribution in [0, 0.1) is 5.92 Å². The fourth-order valence-electron chi connectivity index (χ4n) is 3.15. The van der Waals surface area contributed by atoms with Gasteiger partial charge in [-0.15, -0.1) is 11.8 Å². The van der Waals surface area contributed by atoms with Crippen LogP contribution in [-0.2, 0) is 11.2 Å². The second kappa shape index (κ2) is 8.90. The highest BCUT2D eigenvalue weighted by Gasteiger charge is 2.25. The molecule has 0 aromatic heterocycles. The molecule has 136 valence electrons. The molecule has 0 bridgehead atoms. The van der Waals surface area contributed by atoms with Crippen molar-refractivity contribution in [3.05, 3.63) is 65.7 Å². The molecule has 2 aromatic rings. The normalized spacial score (nSPS) is 16.6. The molecule has 2 aromatic carbocycles. The van der Waals surface area contributed by atoms with Crippen LogP contribution in [-0.4, -0.2) is 40.7 Å². The Bertz CT molecular complexity index is 746. The van der Waals surface area contributed by atoms with Gasteiger partial charge in [-0.05, 0) is 48.6 Å². The van der Waals surface area contributed by atoms with Crippen molar-refractivity contribution < 1.29 is 14.7 Å². The van der Waals surface area contributed by atoms with E-state index in [1.807, 2.05) is 22.7 Å². The molecule has 5 heteroatoms. The minimum Gasteiger partial charge on any atom is -0.478 e. The van der Waals surface area contributed by atoms with E-state index in [9.17, 15) is 9.59 Å². The molecule has 1 atom stereocenters. The number of likely N-dealkylation sites (tertiary alicyclic amines) is 1. The fourth-order valence-corrected chi connectivity index (χ4v) is 4.20. The predicted molar refractivity (Wildman–Crippen MR) is 104 cm³/mol. The second-order valence-corrected chi connectivity index (χ2v) is 7.71. The third-order valence-electron chi connectivity index (χ3n) is 4.70. The summed E-state index contributed by atoms with van der Waals surface area (Å²) >= 11 is 1.86. The lowest BCUT2D eigenvalue weighted by molar-refractivity contribution is -0.130. The van der Waals surface area contributed by atoms with Crippen LogP contribution in [0.5, 0.6) is 0 Å². The highest BCUT2D eigenvalue weighted by atomic mass is 32.2. The minimum absolute atomic E-state index is 0.194. The van der Waals surface area contributed by atoms with Crippen molar-refractivity contribution in [1.29, 1.82) is 0 Å². The summed E-state index contributed by atoms with van der Waals surface area (Å²) in [6.07, 6.45) is 2.20. The number of aromatic carboxylic acids is 1. The van der Waals surface area contributed by atoms with Crippen molar-refractivity contribution in [3.8, 4) is 0 Å². The van der Waals surface area contributed by atoms with Crippen molar-refractivity contribution >= 4 is 23.6 Å². The van der Waals surface area contributed by atoms with E-state index in [1.165, 1.54) is 4.90 Å². The number of nitrogens with zero attached hydrogens (tertiary/aromatic N) is 1. The molecule has 3 rings (SSSR count). The molecule has 0 radical (unpaired) electrons. The zero-order chi connectivity index (χ0) is 18.4. The van der Waals surface area contributed by atoms with E-state index in [-0.39, 0.29) is 11.5 Å². The number of carbonyl (C=O) groups excluding carboxylic acids is 1. The van der Waals surface area contributed by atoms with Crippen LogP contribution in [0.3, 0.4) is 0 Å². The quantitative estimate of drug-likeness (QED) is 0.751. The standard InChI is InChI=1S/C21H23NO3S/c23-20(11-8-16-6-9-18(10-7-16)21(24)25)22-13-12-17(14-22)15-26-19-4-2-1-3-5-19/h1-7,9-10,17H,8,11-15H2,(H,24,25). The van der Waals surface area contributed by atoms with Crippen LogP contribution >= 0.6 is 11.8 Å². The van der Waals surface area contributed by atoms with Gasteiger partial charge in [0, 0.05) is 30.2 Å². The number of aryl methyl sites for hydroxylation is 1. The van der Waals surface area contributed by atoms with Crippen LogP contribution in [0.15, 0.2) is 59.5 Å². The molecule has 1 amide bonds. The van der Waals surface area contributed by atoms with Crippen molar-refractivity contribution in [1.82, 2.24) is 4.90 Å². The maximum atomic E-state index is 12.4. The van der Waals surface area contributed by atoms with Gasteiger partial charge in [-0.3, -0.25) is 4.79 Å². The molecule has 0 aliphatic carbocycles. The average Bonchev–Trinajstić information content (AvgIpc) is 3.15. The van der Waals surface area contributed by atoms with Crippen molar-refractivity contribution in [3.63, 3.8) is 0 Å². The molecule has 1 heterocycles. The van der Waals surface area contributed by atoms with Crippen LogP contribution in [0.2, 0.25) is 0 Å². The highest BCUT2D eigenvalue weighted by Crippen LogP contribution is 2.26. The predicted octanol–water partition coefficient (Wildman–Crippen LogP) is 3.96. The summed E-state index contributed by atoms with van der Waals surface area (Å²) in [4.78, 5) is 26.6. The number of amides is 1. The Labute approximate surface area is 158 Å². The maximum Gasteiger partial charge on any atom is 0.335 e. The third kappa shape index (κ3) is 5.11. The fraction of sp³-hybridized carbons (Fsp3) is 0.333. The summed E-state index contributed by atoms with van der Waals surface area (Å²) in [6, 6.07) is 17.1. The van der Waals surface area contributed by atoms with Gasteiger partial charge in [-0.1, -0.05) is 30.3 Å². The lowest BCUT2D eigenvalue weighted by atomic mass is 10.1. The van der Waals surface area contributed by atoms with Crippen molar-refractivity contribution in [2.24, 2.45) is 5.92 Å². The van der Waals surface area contributed by atoms with E-state index >= 15 is 0 Å². The first-order chi connectivity index (χ1) is 12.6. The molecular formula is C21H23NO3S. The number of rotatable bonds is 7. The zero-order valence-electron chi connectivity index (χ0n) is 14.6. The molecule has 1 fully saturated rings. The number of carboxylic acid groups (broad SMARTS) is 1. The van der Waals surface area contributed by atoms with Gasteiger partial charge in [-0.2, -0.15) is 0 Å². The van der Waals surface area contributed by atoms with Gasteiger partial charge < -0.3 is 10.0 Å². The number of carboxylic acids is 1. The minimum atomic E-state index is -0.927. The first kappa shape index (κ1) is 18.5. The molecule has 1 aliphatic heterocycles. The summed E-state index contributed by atoms with van der Waals surface area (Å²) in [6.45, 7) is 1.69. The molecular weight excluding hydrogens is 346 g/mol. The van der Waals surface area contributed by atoms with Crippen LogP contribution in [0.4, 0.5) is 0 Å². The molecule has 1 saturated heterocycles. The number of benzene rings is 2. The highest BCUT2D eigenvalue weighted by molar-refractivity contribution is 7.99. The van der Waals surface area contributed by atoms with Gasteiger partial charge in [0.2, 0.25) is 5.91 Å². The summed E-state index contributed by atoms with van der Waals surface area (Å²) < 4.78 is 0. The first-order valence-corrected chi connectivity index (χ1v) is 9.88.